The summed E-state index contributed by atoms with van der Waals surface area (Å²) < 4.78 is 50.1. The molecule has 2 aromatic heterocycles. The van der Waals surface area contributed by atoms with E-state index in [1.807, 2.05) is 12.1 Å². The van der Waals surface area contributed by atoms with Crippen LogP contribution in [-0.2, 0) is 49.0 Å². The van der Waals surface area contributed by atoms with Gasteiger partial charge in [-0.1, -0.05) is 48.5 Å². The van der Waals surface area contributed by atoms with Gasteiger partial charge in [-0.15, -0.1) is 0 Å². The highest BCUT2D eigenvalue weighted by Crippen LogP contribution is 2.50. The lowest BCUT2D eigenvalue weighted by atomic mass is 9.95. The molecule has 0 bridgehead atoms. The number of carbonyl (C=O) groups excluding carboxylic acids is 3. The molecule has 1 unspecified atom stereocenters. The van der Waals surface area contributed by atoms with E-state index in [0.29, 0.717) is 16.9 Å². The summed E-state index contributed by atoms with van der Waals surface area (Å²) in [7, 11) is -4.55. The lowest BCUT2D eigenvalue weighted by Crippen LogP contribution is -2.49. The molecule has 0 saturated carbocycles. The van der Waals surface area contributed by atoms with Crippen molar-refractivity contribution in [2.24, 2.45) is 0 Å². The number of ether oxygens (including phenoxy) is 4. The van der Waals surface area contributed by atoms with Crippen LogP contribution in [0.5, 0.6) is 5.75 Å². The fourth-order valence-corrected chi connectivity index (χ4v) is 6.74. The number of nitrogens with one attached hydrogen (secondary N) is 1. The minimum atomic E-state index is -4.55. The summed E-state index contributed by atoms with van der Waals surface area (Å²) in [6.45, 7) is 2.75. The third kappa shape index (κ3) is 8.07. The highest BCUT2D eigenvalue weighted by molar-refractivity contribution is 7.52. The first kappa shape index (κ1) is 35.1. The van der Waals surface area contributed by atoms with Crippen molar-refractivity contribution in [1.82, 2.24) is 14.7 Å². The molecule has 6 atom stereocenters. The van der Waals surface area contributed by atoms with E-state index in [2.05, 4.69) is 10.2 Å². The molecule has 2 aromatic carbocycles. The number of esters is 3. The number of benzene rings is 2. The standard InChI is InChI=1S/C33H34N5O10P/c1-21(32(41)43-18-24-10-6-4-7-11-24)37-49(42,48-25-12-8-5-9-13-25)44-20-33(19-34)31(46-23(3)40)30(45-22(2)39)29(47-33)28-15-14-27-26(35)16-17-36-38(27)28/h4-17,21,29-31H,18,20,35H2,1-3H3,(H,37,42)/t21-,29-,30-,31-,33+,49?/m0/s1. The summed E-state index contributed by atoms with van der Waals surface area (Å²) in [4.78, 5) is 37.6. The lowest BCUT2D eigenvalue weighted by molar-refractivity contribution is -0.166. The van der Waals surface area contributed by atoms with Gasteiger partial charge in [0.25, 0.3) is 0 Å². The molecular weight excluding hydrogens is 657 g/mol. The smallest absolute Gasteiger partial charge is 0.459 e. The first-order valence-corrected chi connectivity index (χ1v) is 16.6. The van der Waals surface area contributed by atoms with Crippen molar-refractivity contribution in [3.8, 4) is 11.8 Å². The summed E-state index contributed by atoms with van der Waals surface area (Å²) in [5.74, 6) is -2.25. The predicted octanol–water partition coefficient (Wildman–Crippen LogP) is 4.04. The molecule has 0 aliphatic carbocycles. The quantitative estimate of drug-likeness (QED) is 0.115. The maximum atomic E-state index is 14.3. The second kappa shape index (κ2) is 14.9. The Kier molecular flexibility index (Phi) is 10.6. The normalized spacial score (nSPS) is 22.0. The molecule has 3 heterocycles. The molecule has 3 N–H and O–H groups in total. The van der Waals surface area contributed by atoms with Crippen LogP contribution in [0.3, 0.4) is 0 Å². The second-order valence-corrected chi connectivity index (χ2v) is 12.8. The van der Waals surface area contributed by atoms with Crippen molar-refractivity contribution in [3.63, 3.8) is 0 Å². The summed E-state index contributed by atoms with van der Waals surface area (Å²) in [6.07, 6.45) is -2.78. The summed E-state index contributed by atoms with van der Waals surface area (Å²) >= 11 is 0. The molecular formula is C33H34N5O10P. The van der Waals surface area contributed by atoms with Crippen molar-refractivity contribution in [3.05, 3.63) is 96.3 Å². The molecule has 1 fully saturated rings. The van der Waals surface area contributed by atoms with Gasteiger partial charge in [-0.05, 0) is 42.8 Å². The first-order valence-electron chi connectivity index (χ1n) is 15.1. The van der Waals surface area contributed by atoms with Gasteiger partial charge < -0.3 is 29.2 Å². The molecule has 16 heteroatoms. The molecule has 1 aliphatic rings. The van der Waals surface area contributed by atoms with Gasteiger partial charge in [0.15, 0.2) is 12.2 Å². The molecule has 1 aliphatic heterocycles. The van der Waals surface area contributed by atoms with Crippen molar-refractivity contribution in [2.45, 2.75) is 57.3 Å². The van der Waals surface area contributed by atoms with E-state index in [0.717, 1.165) is 19.4 Å². The van der Waals surface area contributed by atoms with Crippen molar-refractivity contribution >= 4 is 36.9 Å². The second-order valence-electron chi connectivity index (χ2n) is 11.1. The highest BCUT2D eigenvalue weighted by atomic mass is 31.2. The average molecular weight is 692 g/mol. The fraction of sp³-hybridized carbons (Fsp3) is 0.303. The van der Waals surface area contributed by atoms with Crippen LogP contribution in [0.15, 0.2) is 85.1 Å². The Labute approximate surface area is 281 Å². The Bertz CT molecular complexity index is 1900. The van der Waals surface area contributed by atoms with Gasteiger partial charge in [0, 0.05) is 20.0 Å². The minimum Gasteiger partial charge on any atom is -0.460 e. The van der Waals surface area contributed by atoms with Crippen molar-refractivity contribution < 1.29 is 46.9 Å². The Balaban J connectivity index is 1.46. The number of hydrogen-bond acceptors (Lipinski definition) is 13. The molecule has 4 aromatic rings. The summed E-state index contributed by atoms with van der Waals surface area (Å²) in [5.41, 5.74) is 5.81. The zero-order chi connectivity index (χ0) is 35.2. The molecule has 5 rings (SSSR count). The van der Waals surface area contributed by atoms with Crippen molar-refractivity contribution in [1.29, 1.82) is 5.26 Å². The van der Waals surface area contributed by atoms with Crippen LogP contribution in [-0.4, -0.2) is 58.0 Å². The van der Waals surface area contributed by atoms with Gasteiger partial charge in [-0.2, -0.15) is 15.4 Å². The molecule has 1 saturated heterocycles. The molecule has 0 amide bonds. The summed E-state index contributed by atoms with van der Waals surface area (Å²) in [5, 5.41) is 17.5. The maximum absolute atomic E-state index is 14.3. The van der Waals surface area contributed by atoms with Gasteiger partial charge in [0.05, 0.1) is 16.9 Å². The maximum Gasteiger partial charge on any atom is 0.459 e. The van der Waals surface area contributed by atoms with Gasteiger partial charge >= 0.3 is 25.7 Å². The van der Waals surface area contributed by atoms with Crippen LogP contribution >= 0.6 is 7.75 Å². The number of aromatic nitrogens is 2. The Morgan fingerprint density at radius 3 is 2.37 bits per heavy atom. The highest BCUT2D eigenvalue weighted by Gasteiger charge is 2.62. The van der Waals surface area contributed by atoms with Crippen LogP contribution in [0.4, 0.5) is 5.69 Å². The van der Waals surface area contributed by atoms with Crippen molar-refractivity contribution in [2.75, 3.05) is 12.3 Å². The SMILES string of the molecule is CC(=O)O[C@H]1[C@H](c2ccc3c(N)ccnn23)O[C@](C#N)(COP(=O)(N[C@@H](C)C(=O)OCc2ccccc2)Oc2ccccc2)[C@H]1OC(C)=O. The number of nitrogen functional groups attached to an aromatic ring is 1. The number of para-hydroxylation sites is 1. The number of hydrogen-bond donors (Lipinski definition) is 2. The summed E-state index contributed by atoms with van der Waals surface area (Å²) in [6, 6.07) is 22.5. The number of nitrogens with two attached hydrogens (primary N) is 1. The molecule has 0 radical (unpaired) electrons. The molecule has 15 nitrogen and oxygen atoms in total. The largest absolute Gasteiger partial charge is 0.460 e. The van der Waals surface area contributed by atoms with E-state index in [-0.39, 0.29) is 12.4 Å². The van der Waals surface area contributed by atoms with Gasteiger partial charge in [-0.25, -0.2) is 9.08 Å². The van der Waals surface area contributed by atoms with E-state index in [9.17, 15) is 24.2 Å². The van der Waals surface area contributed by atoms with Gasteiger partial charge in [-0.3, -0.25) is 18.9 Å². The Morgan fingerprint density at radius 2 is 1.71 bits per heavy atom. The molecule has 256 valence electrons. The Hall–Kier alpha value is -5.26. The predicted molar refractivity (Wildman–Crippen MR) is 172 cm³/mol. The van der Waals surface area contributed by atoms with E-state index < -0.39 is 62.2 Å². The van der Waals surface area contributed by atoms with Gasteiger partial charge in [0.1, 0.15) is 37.2 Å². The van der Waals surface area contributed by atoms with Crippen LogP contribution in [0, 0.1) is 11.3 Å². The van der Waals surface area contributed by atoms with E-state index in [1.165, 1.54) is 29.8 Å². The van der Waals surface area contributed by atoms with Gasteiger partial charge in [0.2, 0.25) is 5.60 Å². The minimum absolute atomic E-state index is 0.0420. The van der Waals surface area contributed by atoms with Crippen LogP contribution in [0.1, 0.15) is 38.1 Å². The number of anilines is 1. The number of rotatable bonds is 13. The van der Waals surface area contributed by atoms with E-state index >= 15 is 0 Å². The lowest BCUT2D eigenvalue weighted by Gasteiger charge is -2.30. The number of carbonyl (C=O) groups is 3. The van der Waals surface area contributed by atoms with E-state index in [1.54, 1.807) is 60.7 Å². The topological polar surface area (TPSA) is 203 Å². The third-order valence-electron chi connectivity index (χ3n) is 7.43. The number of fused-ring (bicyclic) bond motifs is 1. The van der Waals surface area contributed by atoms with Crippen LogP contribution in [0.2, 0.25) is 0 Å². The monoisotopic (exact) mass is 691 g/mol. The third-order valence-corrected chi connectivity index (χ3v) is 9.06. The van der Waals surface area contributed by atoms with Crippen LogP contribution < -0.4 is 15.3 Å². The molecule has 0 spiro atoms. The molecule has 49 heavy (non-hydrogen) atoms. The zero-order valence-corrected chi connectivity index (χ0v) is 27.6. The zero-order valence-electron chi connectivity index (χ0n) is 26.8. The van der Waals surface area contributed by atoms with Crippen LogP contribution in [0.25, 0.3) is 5.52 Å². The number of nitriles is 1. The Morgan fingerprint density at radius 1 is 1.04 bits per heavy atom. The fourth-order valence-electron chi connectivity index (χ4n) is 5.22. The average Bonchev–Trinajstić information content (AvgIpc) is 3.63. The van der Waals surface area contributed by atoms with E-state index in [4.69, 9.17) is 33.7 Å². The first-order chi connectivity index (χ1) is 23.4. The number of nitrogens with zero attached hydrogens (tertiary/aromatic N) is 3.